The number of anilines is 1. The zero-order valence-electron chi connectivity index (χ0n) is 10.6. The first-order valence-electron chi connectivity index (χ1n) is 6.01. The van der Waals surface area contributed by atoms with E-state index in [1.807, 2.05) is 43.4 Å². The zero-order chi connectivity index (χ0) is 13.1. The number of ether oxygens (including phenoxy) is 3. The summed E-state index contributed by atoms with van der Waals surface area (Å²) in [7, 11) is 1.84. The Labute approximate surface area is 111 Å². The molecule has 0 amide bonds. The summed E-state index contributed by atoms with van der Waals surface area (Å²) in [6.07, 6.45) is 0. The van der Waals surface area contributed by atoms with E-state index in [0.717, 1.165) is 28.8 Å². The maximum atomic E-state index is 5.69. The van der Waals surface area contributed by atoms with Crippen molar-refractivity contribution in [3.05, 3.63) is 42.1 Å². The van der Waals surface area contributed by atoms with Crippen molar-refractivity contribution in [1.82, 2.24) is 4.98 Å². The third-order valence-corrected chi connectivity index (χ3v) is 2.79. The standard InChI is InChI=1S/C14H14N2O3/c1-15-14-4-2-3-10(16-14)8-17-11-5-6-12-13(7-11)19-9-18-12/h2-7H,8-9H2,1H3,(H,15,16). The Morgan fingerprint density at radius 1 is 1.21 bits per heavy atom. The van der Waals surface area contributed by atoms with Gasteiger partial charge < -0.3 is 19.5 Å². The molecule has 3 rings (SSSR count). The number of hydrogen-bond donors (Lipinski definition) is 1. The second kappa shape index (κ2) is 5.06. The molecule has 1 aliphatic heterocycles. The van der Waals surface area contributed by atoms with E-state index < -0.39 is 0 Å². The average molecular weight is 258 g/mol. The van der Waals surface area contributed by atoms with Crippen molar-refractivity contribution in [3.8, 4) is 17.2 Å². The van der Waals surface area contributed by atoms with Crippen LogP contribution in [0, 0.1) is 0 Å². The maximum Gasteiger partial charge on any atom is 0.231 e. The molecule has 0 spiro atoms. The first kappa shape index (κ1) is 11.6. The van der Waals surface area contributed by atoms with Crippen molar-refractivity contribution < 1.29 is 14.2 Å². The molecule has 2 heterocycles. The van der Waals surface area contributed by atoms with Gasteiger partial charge in [0, 0.05) is 13.1 Å². The van der Waals surface area contributed by atoms with E-state index in [9.17, 15) is 0 Å². The Hall–Kier alpha value is -2.43. The molecule has 0 aliphatic carbocycles. The zero-order valence-corrected chi connectivity index (χ0v) is 10.6. The number of nitrogens with one attached hydrogen (secondary N) is 1. The Kier molecular flexibility index (Phi) is 3.10. The van der Waals surface area contributed by atoms with Crippen LogP contribution in [0.25, 0.3) is 0 Å². The van der Waals surface area contributed by atoms with E-state index >= 15 is 0 Å². The lowest BCUT2D eigenvalue weighted by Crippen LogP contribution is -2.00. The summed E-state index contributed by atoms with van der Waals surface area (Å²) in [6, 6.07) is 11.3. The van der Waals surface area contributed by atoms with Gasteiger partial charge in [0.15, 0.2) is 11.5 Å². The predicted octanol–water partition coefficient (Wildman–Crippen LogP) is 2.43. The highest BCUT2D eigenvalue weighted by molar-refractivity contribution is 5.46. The van der Waals surface area contributed by atoms with Crippen LogP contribution < -0.4 is 19.5 Å². The van der Waals surface area contributed by atoms with Crippen LogP contribution in [0.5, 0.6) is 17.2 Å². The van der Waals surface area contributed by atoms with Crippen molar-refractivity contribution >= 4 is 5.82 Å². The molecule has 0 atom stereocenters. The van der Waals surface area contributed by atoms with Crippen LogP contribution in [-0.4, -0.2) is 18.8 Å². The van der Waals surface area contributed by atoms with Crippen LogP contribution >= 0.6 is 0 Å². The molecule has 0 fully saturated rings. The Balaban J connectivity index is 1.68. The monoisotopic (exact) mass is 258 g/mol. The van der Waals surface area contributed by atoms with E-state index in [-0.39, 0.29) is 6.79 Å². The number of rotatable bonds is 4. The lowest BCUT2D eigenvalue weighted by molar-refractivity contribution is 0.173. The van der Waals surface area contributed by atoms with Crippen LogP contribution in [0.1, 0.15) is 5.69 Å². The van der Waals surface area contributed by atoms with E-state index in [4.69, 9.17) is 14.2 Å². The summed E-state index contributed by atoms with van der Waals surface area (Å²) in [5.74, 6) is 3.03. The van der Waals surface area contributed by atoms with Crippen LogP contribution in [0.15, 0.2) is 36.4 Å². The normalized spacial score (nSPS) is 12.3. The fourth-order valence-corrected chi connectivity index (χ4v) is 1.82. The van der Waals surface area contributed by atoms with Gasteiger partial charge in [0.2, 0.25) is 6.79 Å². The summed E-state index contributed by atoms with van der Waals surface area (Å²) in [6.45, 7) is 0.680. The van der Waals surface area contributed by atoms with Crippen LogP contribution in [0.3, 0.4) is 0 Å². The highest BCUT2D eigenvalue weighted by Crippen LogP contribution is 2.35. The topological polar surface area (TPSA) is 52.6 Å². The number of aromatic nitrogens is 1. The smallest absolute Gasteiger partial charge is 0.231 e. The summed E-state index contributed by atoms with van der Waals surface area (Å²) in [5, 5.41) is 3.00. The second-order valence-electron chi connectivity index (χ2n) is 4.07. The lowest BCUT2D eigenvalue weighted by atomic mass is 10.3. The highest BCUT2D eigenvalue weighted by atomic mass is 16.7. The van der Waals surface area contributed by atoms with Gasteiger partial charge in [-0.15, -0.1) is 0 Å². The van der Waals surface area contributed by atoms with Gasteiger partial charge >= 0.3 is 0 Å². The molecule has 98 valence electrons. The van der Waals surface area contributed by atoms with Crippen molar-refractivity contribution in [2.24, 2.45) is 0 Å². The SMILES string of the molecule is CNc1cccc(COc2ccc3c(c2)OCO3)n1. The largest absolute Gasteiger partial charge is 0.487 e. The van der Waals surface area contributed by atoms with Crippen LogP contribution in [0.2, 0.25) is 0 Å². The van der Waals surface area contributed by atoms with Crippen molar-refractivity contribution in [3.63, 3.8) is 0 Å². The summed E-state index contributed by atoms with van der Waals surface area (Å²) in [5.41, 5.74) is 0.865. The molecule has 1 aliphatic rings. The summed E-state index contributed by atoms with van der Waals surface area (Å²) < 4.78 is 16.2. The minimum absolute atomic E-state index is 0.268. The van der Waals surface area contributed by atoms with E-state index in [1.54, 1.807) is 0 Å². The molecule has 5 nitrogen and oxygen atoms in total. The Morgan fingerprint density at radius 2 is 2.11 bits per heavy atom. The van der Waals surface area contributed by atoms with Gasteiger partial charge in [0.25, 0.3) is 0 Å². The van der Waals surface area contributed by atoms with E-state index in [0.29, 0.717) is 6.61 Å². The minimum Gasteiger partial charge on any atom is -0.487 e. The fraction of sp³-hybridized carbons (Fsp3) is 0.214. The minimum atomic E-state index is 0.268. The third-order valence-electron chi connectivity index (χ3n) is 2.79. The predicted molar refractivity (Wildman–Crippen MR) is 70.7 cm³/mol. The highest BCUT2D eigenvalue weighted by Gasteiger charge is 2.13. The van der Waals surface area contributed by atoms with Crippen LogP contribution in [-0.2, 0) is 6.61 Å². The maximum absolute atomic E-state index is 5.69. The molecule has 0 radical (unpaired) electrons. The Morgan fingerprint density at radius 3 is 3.00 bits per heavy atom. The quantitative estimate of drug-likeness (QED) is 0.912. The molecule has 19 heavy (non-hydrogen) atoms. The van der Waals surface area contributed by atoms with Gasteiger partial charge in [-0.25, -0.2) is 4.98 Å². The summed E-state index contributed by atoms with van der Waals surface area (Å²) >= 11 is 0. The second-order valence-corrected chi connectivity index (χ2v) is 4.07. The average Bonchev–Trinajstić information content (AvgIpc) is 2.93. The number of pyridine rings is 1. The van der Waals surface area contributed by atoms with Crippen molar-refractivity contribution in [2.45, 2.75) is 6.61 Å². The van der Waals surface area contributed by atoms with E-state index in [2.05, 4.69) is 10.3 Å². The molecule has 2 aromatic rings. The number of nitrogens with zero attached hydrogens (tertiary/aromatic N) is 1. The van der Waals surface area contributed by atoms with Crippen molar-refractivity contribution in [2.75, 3.05) is 19.2 Å². The fourth-order valence-electron chi connectivity index (χ4n) is 1.82. The molecule has 0 saturated carbocycles. The first-order chi connectivity index (χ1) is 9.35. The number of hydrogen-bond acceptors (Lipinski definition) is 5. The van der Waals surface area contributed by atoms with Crippen LogP contribution in [0.4, 0.5) is 5.82 Å². The van der Waals surface area contributed by atoms with Gasteiger partial charge in [0.05, 0.1) is 5.69 Å². The third kappa shape index (κ3) is 2.54. The lowest BCUT2D eigenvalue weighted by Gasteiger charge is -2.07. The number of fused-ring (bicyclic) bond motifs is 1. The molecule has 0 saturated heterocycles. The molecule has 1 aromatic carbocycles. The van der Waals surface area contributed by atoms with Gasteiger partial charge in [-0.3, -0.25) is 0 Å². The summed E-state index contributed by atoms with van der Waals surface area (Å²) in [4.78, 5) is 4.39. The molecular formula is C14H14N2O3. The van der Waals surface area contributed by atoms with Gasteiger partial charge in [0.1, 0.15) is 18.2 Å². The van der Waals surface area contributed by atoms with Gasteiger partial charge in [-0.2, -0.15) is 0 Å². The molecular weight excluding hydrogens is 244 g/mol. The molecule has 1 N–H and O–H groups in total. The first-order valence-corrected chi connectivity index (χ1v) is 6.01. The van der Waals surface area contributed by atoms with Crippen molar-refractivity contribution in [1.29, 1.82) is 0 Å². The molecule has 0 bridgehead atoms. The van der Waals surface area contributed by atoms with Gasteiger partial charge in [-0.1, -0.05) is 6.07 Å². The number of benzene rings is 1. The van der Waals surface area contributed by atoms with E-state index in [1.165, 1.54) is 0 Å². The Bertz CT molecular complexity index is 587. The molecule has 0 unspecified atom stereocenters. The molecule has 1 aromatic heterocycles. The molecule has 5 heteroatoms. The van der Waals surface area contributed by atoms with Gasteiger partial charge in [-0.05, 0) is 24.3 Å².